The second-order valence-electron chi connectivity index (χ2n) is 11.9. The second kappa shape index (κ2) is 9.87. The Kier molecular flexibility index (Phi) is 5.48. The lowest BCUT2D eigenvalue weighted by Gasteiger charge is -2.15. The van der Waals surface area contributed by atoms with E-state index in [9.17, 15) is 0 Å². The van der Waals surface area contributed by atoms with Crippen LogP contribution in [0.15, 0.2) is 158 Å². The number of aromatic nitrogens is 2. The van der Waals surface area contributed by atoms with Crippen LogP contribution in [0.1, 0.15) is 0 Å². The van der Waals surface area contributed by atoms with Crippen LogP contribution < -0.4 is 0 Å². The predicted octanol–water partition coefficient (Wildman–Crippen LogP) is 12.2. The number of nitrogens with zero attached hydrogens (tertiary/aromatic N) is 2. The van der Waals surface area contributed by atoms with Crippen molar-refractivity contribution in [1.82, 2.24) is 9.55 Å². The van der Waals surface area contributed by atoms with Gasteiger partial charge in [-0.05, 0) is 52.9 Å². The lowest BCUT2D eigenvalue weighted by Crippen LogP contribution is -1.97. The summed E-state index contributed by atoms with van der Waals surface area (Å²) in [4.78, 5) is 5.45. The third-order valence-electron chi connectivity index (χ3n) is 9.37. The first-order valence-corrected chi connectivity index (χ1v) is 16.5. The van der Waals surface area contributed by atoms with Crippen LogP contribution in [-0.2, 0) is 0 Å². The number of fused-ring (bicyclic) bond motifs is 10. The van der Waals surface area contributed by atoms with Crippen molar-refractivity contribution in [1.29, 1.82) is 0 Å². The molecule has 3 heterocycles. The van der Waals surface area contributed by atoms with Crippen molar-refractivity contribution in [3.63, 3.8) is 0 Å². The molecule has 3 heteroatoms. The van der Waals surface area contributed by atoms with Gasteiger partial charge in [-0.2, -0.15) is 0 Å². The average molecular weight is 603 g/mol. The summed E-state index contributed by atoms with van der Waals surface area (Å²) < 4.78 is 5.07. The molecule has 0 aliphatic carbocycles. The smallest absolute Gasteiger partial charge is 0.0809 e. The van der Waals surface area contributed by atoms with Crippen molar-refractivity contribution in [2.24, 2.45) is 0 Å². The van der Waals surface area contributed by atoms with Gasteiger partial charge in [0.2, 0.25) is 0 Å². The normalized spacial score (nSPS) is 11.9. The van der Waals surface area contributed by atoms with E-state index in [0.29, 0.717) is 0 Å². The third-order valence-corrected chi connectivity index (χ3v) is 10.6. The zero-order valence-corrected chi connectivity index (χ0v) is 25.6. The number of rotatable bonds is 3. The van der Waals surface area contributed by atoms with Gasteiger partial charge in [0.15, 0.2) is 0 Å². The Labute approximate surface area is 269 Å². The predicted molar refractivity (Wildman–Crippen MR) is 197 cm³/mol. The monoisotopic (exact) mass is 602 g/mol. The van der Waals surface area contributed by atoms with Crippen LogP contribution in [0.4, 0.5) is 0 Å². The van der Waals surface area contributed by atoms with Crippen LogP contribution >= 0.6 is 11.3 Å². The van der Waals surface area contributed by atoms with E-state index in [-0.39, 0.29) is 0 Å². The quantitative estimate of drug-likeness (QED) is 0.184. The van der Waals surface area contributed by atoms with Crippen LogP contribution in [0, 0.1) is 0 Å². The van der Waals surface area contributed by atoms with E-state index in [1.165, 1.54) is 69.3 Å². The lowest BCUT2D eigenvalue weighted by molar-refractivity contribution is 1.19. The maximum atomic E-state index is 5.45. The summed E-state index contributed by atoms with van der Waals surface area (Å²) in [7, 11) is 0. The van der Waals surface area contributed by atoms with Crippen LogP contribution in [-0.4, -0.2) is 9.55 Å². The Bertz CT molecular complexity index is 2800. The lowest BCUT2D eigenvalue weighted by atomic mass is 9.95. The fourth-order valence-corrected chi connectivity index (χ4v) is 8.60. The van der Waals surface area contributed by atoms with E-state index in [0.717, 1.165) is 22.5 Å². The molecule has 2 nitrogen and oxygen atoms in total. The molecular formula is C43H26N2S. The van der Waals surface area contributed by atoms with Gasteiger partial charge in [-0.1, -0.05) is 121 Å². The minimum absolute atomic E-state index is 1.00. The van der Waals surface area contributed by atoms with Crippen LogP contribution in [0.25, 0.3) is 91.7 Å². The van der Waals surface area contributed by atoms with Gasteiger partial charge in [-0.25, -0.2) is 4.98 Å². The minimum atomic E-state index is 1.00. The molecule has 0 atom stereocenters. The molecule has 10 rings (SSSR count). The number of pyridine rings is 1. The van der Waals surface area contributed by atoms with E-state index in [1.807, 2.05) is 11.3 Å². The number of hydrogen-bond donors (Lipinski definition) is 0. The van der Waals surface area contributed by atoms with Gasteiger partial charge in [0, 0.05) is 53.0 Å². The highest BCUT2D eigenvalue weighted by Gasteiger charge is 2.20. The highest BCUT2D eigenvalue weighted by atomic mass is 32.1. The number of thiophene rings is 1. The molecular weight excluding hydrogens is 577 g/mol. The highest BCUT2D eigenvalue weighted by Crippen LogP contribution is 2.44. The summed E-state index contributed by atoms with van der Waals surface area (Å²) in [6, 6.07) is 57.0. The van der Waals surface area contributed by atoms with Crippen LogP contribution in [0.5, 0.6) is 0 Å². The molecule has 0 fully saturated rings. The summed E-state index contributed by atoms with van der Waals surface area (Å²) in [6.07, 6.45) is 0. The standard InChI is InChI=1S/C43H26N2S/c1-2-14-29(15-3-1)45-38-22-8-5-17-32(38)35-25-24-34-31-16-4-7-21-37(31)44-41(40(34)42(35)45)28-13-10-12-27(26-28)30-19-11-20-36-33-18-6-9-23-39(33)46-43(30)36/h1-26H. The van der Waals surface area contributed by atoms with E-state index in [2.05, 4.69) is 162 Å². The van der Waals surface area contributed by atoms with Gasteiger partial charge in [-0.15, -0.1) is 11.3 Å². The molecule has 46 heavy (non-hydrogen) atoms. The minimum Gasteiger partial charge on any atom is -0.309 e. The summed E-state index contributed by atoms with van der Waals surface area (Å²) >= 11 is 1.87. The number of benzene rings is 7. The molecule has 0 bridgehead atoms. The summed E-state index contributed by atoms with van der Waals surface area (Å²) in [5, 5.41) is 8.66. The first-order chi connectivity index (χ1) is 22.8. The Hall–Kier alpha value is -5.77. The van der Waals surface area contributed by atoms with Crippen molar-refractivity contribution in [3.05, 3.63) is 158 Å². The van der Waals surface area contributed by atoms with Gasteiger partial charge in [-0.3, -0.25) is 0 Å². The van der Waals surface area contributed by atoms with Crippen LogP contribution in [0.2, 0.25) is 0 Å². The maximum Gasteiger partial charge on any atom is 0.0809 e. The first kappa shape index (κ1) is 25.5. The van der Waals surface area contributed by atoms with E-state index in [4.69, 9.17) is 4.98 Å². The second-order valence-corrected chi connectivity index (χ2v) is 13.0. The van der Waals surface area contributed by atoms with Gasteiger partial charge >= 0.3 is 0 Å². The van der Waals surface area contributed by atoms with Crippen molar-refractivity contribution in [3.8, 4) is 28.1 Å². The molecule has 0 aliphatic heterocycles. The van der Waals surface area contributed by atoms with E-state index < -0.39 is 0 Å². The average Bonchev–Trinajstić information content (AvgIpc) is 3.68. The van der Waals surface area contributed by atoms with Crippen molar-refractivity contribution in [2.75, 3.05) is 0 Å². The molecule has 0 spiro atoms. The summed E-state index contributed by atoms with van der Waals surface area (Å²) in [5.41, 5.74) is 9.11. The van der Waals surface area contributed by atoms with Gasteiger partial charge in [0.1, 0.15) is 0 Å². The van der Waals surface area contributed by atoms with Crippen molar-refractivity contribution < 1.29 is 0 Å². The molecule has 0 saturated heterocycles. The van der Waals surface area contributed by atoms with Gasteiger partial charge in [0.25, 0.3) is 0 Å². The molecule has 214 valence electrons. The Morgan fingerprint density at radius 2 is 1.17 bits per heavy atom. The molecule has 10 aromatic rings. The summed E-state index contributed by atoms with van der Waals surface area (Å²) in [5.74, 6) is 0. The highest BCUT2D eigenvalue weighted by molar-refractivity contribution is 7.26. The van der Waals surface area contributed by atoms with E-state index in [1.54, 1.807) is 0 Å². The first-order valence-electron chi connectivity index (χ1n) is 15.6. The molecule has 0 saturated carbocycles. The Morgan fingerprint density at radius 3 is 2.09 bits per heavy atom. The Morgan fingerprint density at radius 1 is 0.478 bits per heavy atom. The number of para-hydroxylation sites is 3. The molecule has 0 radical (unpaired) electrons. The van der Waals surface area contributed by atoms with Gasteiger partial charge < -0.3 is 4.57 Å². The largest absolute Gasteiger partial charge is 0.309 e. The topological polar surface area (TPSA) is 17.8 Å². The SMILES string of the molecule is c1ccc(-n2c3ccccc3c3ccc4c5ccccc5nc(-c5cccc(-c6cccc7c6sc6ccccc67)c5)c4c32)cc1. The summed E-state index contributed by atoms with van der Waals surface area (Å²) in [6.45, 7) is 0. The molecule has 0 unspecified atom stereocenters. The zero-order valence-electron chi connectivity index (χ0n) is 24.8. The molecule has 0 aliphatic rings. The van der Waals surface area contributed by atoms with Crippen LogP contribution in [0.3, 0.4) is 0 Å². The molecule has 7 aromatic carbocycles. The molecule has 0 amide bonds. The van der Waals surface area contributed by atoms with Crippen molar-refractivity contribution >= 4 is 75.0 Å². The van der Waals surface area contributed by atoms with Gasteiger partial charge in [0.05, 0.1) is 22.2 Å². The fraction of sp³-hybridized carbons (Fsp3) is 0. The zero-order chi connectivity index (χ0) is 30.2. The maximum absolute atomic E-state index is 5.45. The third kappa shape index (κ3) is 3.67. The van der Waals surface area contributed by atoms with Crippen molar-refractivity contribution in [2.45, 2.75) is 0 Å². The fourth-order valence-electron chi connectivity index (χ4n) is 7.36. The number of hydrogen-bond acceptors (Lipinski definition) is 2. The molecule has 0 N–H and O–H groups in total. The van der Waals surface area contributed by atoms with E-state index >= 15 is 0 Å². The molecule has 3 aromatic heterocycles. The Balaban J connectivity index is 1.33.